The summed E-state index contributed by atoms with van der Waals surface area (Å²) in [5.74, 6) is 0.221. The van der Waals surface area contributed by atoms with Crippen molar-refractivity contribution in [2.45, 2.75) is 50.2 Å². The Morgan fingerprint density at radius 1 is 1.32 bits per heavy atom. The van der Waals surface area contributed by atoms with Crippen LogP contribution in [0.15, 0.2) is 36.4 Å². The number of benzene rings is 1. The Hall–Kier alpha value is -3.44. The number of nitrogens with two attached hydrogens (primary N) is 1. The van der Waals surface area contributed by atoms with E-state index in [0.29, 0.717) is 24.3 Å². The van der Waals surface area contributed by atoms with Crippen LogP contribution >= 0.6 is 0 Å². The number of pyridine rings is 1. The van der Waals surface area contributed by atoms with E-state index in [2.05, 4.69) is 27.0 Å². The van der Waals surface area contributed by atoms with Gasteiger partial charge in [-0.3, -0.25) is 9.59 Å². The van der Waals surface area contributed by atoms with Crippen LogP contribution in [0.1, 0.15) is 54.1 Å². The van der Waals surface area contributed by atoms with Gasteiger partial charge in [0.15, 0.2) is 0 Å². The van der Waals surface area contributed by atoms with E-state index in [1.807, 2.05) is 24.3 Å². The minimum absolute atomic E-state index is 0.114. The summed E-state index contributed by atoms with van der Waals surface area (Å²) in [6, 6.07) is 12.1. The minimum Gasteiger partial charge on any atom is -0.384 e. The third-order valence-corrected chi connectivity index (χ3v) is 6.08. The molecule has 2 amide bonds. The molecule has 1 aliphatic carbocycles. The van der Waals surface area contributed by atoms with Crippen molar-refractivity contribution < 1.29 is 9.59 Å². The molecule has 1 aliphatic heterocycles. The van der Waals surface area contributed by atoms with Gasteiger partial charge in [0.1, 0.15) is 11.9 Å². The Morgan fingerprint density at radius 3 is 2.97 bits per heavy atom. The molecule has 1 aromatic carbocycles. The van der Waals surface area contributed by atoms with Crippen LogP contribution in [0.3, 0.4) is 0 Å². The van der Waals surface area contributed by atoms with Crippen molar-refractivity contribution in [1.82, 2.24) is 20.9 Å². The molecule has 2 aliphatic rings. The van der Waals surface area contributed by atoms with Crippen LogP contribution in [0.4, 0.5) is 5.82 Å². The molecule has 2 aromatic rings. The zero-order chi connectivity index (χ0) is 22.0. The summed E-state index contributed by atoms with van der Waals surface area (Å²) in [7, 11) is 0. The normalized spacial score (nSPS) is 22.9. The molecule has 31 heavy (non-hydrogen) atoms. The largest absolute Gasteiger partial charge is 0.384 e. The predicted octanol–water partition coefficient (Wildman–Crippen LogP) is 1.29. The highest BCUT2D eigenvalue weighted by Gasteiger charge is 2.32. The van der Waals surface area contributed by atoms with Gasteiger partial charge in [0, 0.05) is 12.2 Å². The Bertz CT molecular complexity index is 1050. The van der Waals surface area contributed by atoms with E-state index in [1.165, 1.54) is 0 Å². The van der Waals surface area contributed by atoms with E-state index in [1.54, 1.807) is 19.1 Å². The highest BCUT2D eigenvalue weighted by molar-refractivity contribution is 5.90. The number of hydrogen-bond acceptors (Lipinski definition) is 6. The number of nitrogen functional groups attached to an aromatic ring is 1. The van der Waals surface area contributed by atoms with E-state index in [9.17, 15) is 9.59 Å². The van der Waals surface area contributed by atoms with Crippen molar-refractivity contribution in [2.24, 2.45) is 0 Å². The van der Waals surface area contributed by atoms with E-state index < -0.39 is 6.04 Å². The number of nitriles is 1. The number of anilines is 1. The van der Waals surface area contributed by atoms with Gasteiger partial charge in [0.05, 0.1) is 23.7 Å². The Kier molecular flexibility index (Phi) is 5.87. The van der Waals surface area contributed by atoms with Crippen LogP contribution in [-0.4, -0.2) is 35.4 Å². The van der Waals surface area contributed by atoms with Gasteiger partial charge in [0.25, 0.3) is 0 Å². The highest BCUT2D eigenvalue weighted by Crippen LogP contribution is 2.30. The fraction of sp³-hybridized carbons (Fsp3) is 0.391. The van der Waals surface area contributed by atoms with Gasteiger partial charge in [-0.05, 0) is 61.4 Å². The van der Waals surface area contributed by atoms with Crippen molar-refractivity contribution in [2.75, 3.05) is 12.3 Å². The van der Waals surface area contributed by atoms with Crippen LogP contribution in [0, 0.1) is 11.3 Å². The van der Waals surface area contributed by atoms with Crippen molar-refractivity contribution in [1.29, 1.82) is 5.26 Å². The average molecular weight is 419 g/mol. The van der Waals surface area contributed by atoms with Gasteiger partial charge in [-0.2, -0.15) is 5.26 Å². The summed E-state index contributed by atoms with van der Waals surface area (Å²) in [4.78, 5) is 29.7. The molecular weight excluding hydrogens is 392 g/mol. The van der Waals surface area contributed by atoms with E-state index in [4.69, 9.17) is 11.0 Å². The number of carbonyl (C=O) groups is 2. The second kappa shape index (κ2) is 8.74. The molecule has 3 unspecified atom stereocenters. The zero-order valence-corrected chi connectivity index (χ0v) is 17.4. The molecule has 2 heterocycles. The van der Waals surface area contributed by atoms with Crippen LogP contribution in [0.2, 0.25) is 0 Å². The molecule has 0 bridgehead atoms. The quantitative estimate of drug-likeness (QED) is 0.578. The van der Waals surface area contributed by atoms with Crippen molar-refractivity contribution >= 4 is 17.6 Å². The smallest absolute Gasteiger partial charge is 0.242 e. The first-order chi connectivity index (χ1) is 14.9. The SMILES string of the molecule is CC(NC(=O)[C@H]1CC(c2cccc(C#N)c2)CN1)C(=O)NC1CCc2nc(N)ccc21. The lowest BCUT2D eigenvalue weighted by Gasteiger charge is -2.20. The number of amides is 2. The van der Waals surface area contributed by atoms with Gasteiger partial charge in [-0.1, -0.05) is 18.2 Å². The lowest BCUT2D eigenvalue weighted by atomic mass is 9.95. The lowest BCUT2D eigenvalue weighted by molar-refractivity contribution is -0.129. The number of hydrogen-bond donors (Lipinski definition) is 4. The minimum atomic E-state index is -0.652. The average Bonchev–Trinajstić information content (AvgIpc) is 3.41. The lowest BCUT2D eigenvalue weighted by Crippen LogP contribution is -2.50. The van der Waals surface area contributed by atoms with E-state index in [0.717, 1.165) is 29.7 Å². The maximum absolute atomic E-state index is 12.7. The van der Waals surface area contributed by atoms with Gasteiger partial charge < -0.3 is 21.7 Å². The Morgan fingerprint density at radius 2 is 2.16 bits per heavy atom. The summed E-state index contributed by atoms with van der Waals surface area (Å²) in [5.41, 5.74) is 9.30. The number of carbonyl (C=O) groups excluding carboxylic acids is 2. The molecule has 1 aromatic heterocycles. The maximum atomic E-state index is 12.7. The number of aryl methyl sites for hydroxylation is 1. The number of aromatic nitrogens is 1. The predicted molar refractivity (Wildman–Crippen MR) is 116 cm³/mol. The first-order valence-corrected chi connectivity index (χ1v) is 10.5. The van der Waals surface area contributed by atoms with Crippen LogP contribution in [-0.2, 0) is 16.0 Å². The molecule has 4 rings (SSSR count). The summed E-state index contributed by atoms with van der Waals surface area (Å²) >= 11 is 0. The number of rotatable bonds is 5. The first-order valence-electron chi connectivity index (χ1n) is 10.5. The van der Waals surface area contributed by atoms with Crippen molar-refractivity contribution in [3.63, 3.8) is 0 Å². The third kappa shape index (κ3) is 4.52. The summed E-state index contributed by atoms with van der Waals surface area (Å²) < 4.78 is 0. The molecule has 0 saturated carbocycles. The standard InChI is InChI=1S/C23H26N6O2/c1-13(22(30)29-19-7-6-18-17(19)5-8-21(25)28-18)27-23(31)20-10-16(12-26-20)15-4-2-3-14(9-15)11-24/h2-5,8-9,13,16,19-20,26H,6-7,10,12H2,1H3,(H2,25,28)(H,27,31)(H,29,30)/t13?,16?,19?,20-/m1/s1. The third-order valence-electron chi connectivity index (χ3n) is 6.08. The Balaban J connectivity index is 1.31. The zero-order valence-electron chi connectivity index (χ0n) is 17.4. The fourth-order valence-corrected chi connectivity index (χ4v) is 4.36. The molecular formula is C23H26N6O2. The molecule has 4 atom stereocenters. The molecule has 8 heteroatoms. The summed E-state index contributed by atoms with van der Waals surface area (Å²) in [6.07, 6.45) is 2.16. The second-order valence-corrected chi connectivity index (χ2v) is 8.23. The molecule has 160 valence electrons. The summed E-state index contributed by atoms with van der Waals surface area (Å²) in [6.45, 7) is 2.34. The van der Waals surface area contributed by atoms with Crippen LogP contribution < -0.4 is 21.7 Å². The topological polar surface area (TPSA) is 133 Å². The molecule has 1 saturated heterocycles. The molecule has 1 fully saturated rings. The molecule has 0 spiro atoms. The van der Waals surface area contributed by atoms with Crippen molar-refractivity contribution in [3.05, 3.63) is 58.8 Å². The monoisotopic (exact) mass is 418 g/mol. The van der Waals surface area contributed by atoms with Gasteiger partial charge in [-0.15, -0.1) is 0 Å². The van der Waals surface area contributed by atoms with Crippen molar-refractivity contribution in [3.8, 4) is 6.07 Å². The second-order valence-electron chi connectivity index (χ2n) is 8.23. The molecule has 5 N–H and O–H groups in total. The molecule has 0 radical (unpaired) electrons. The van der Waals surface area contributed by atoms with E-state index >= 15 is 0 Å². The molecule has 8 nitrogen and oxygen atoms in total. The van der Waals surface area contributed by atoms with Gasteiger partial charge in [-0.25, -0.2) is 4.98 Å². The summed E-state index contributed by atoms with van der Waals surface area (Å²) in [5, 5.41) is 18.2. The van der Waals surface area contributed by atoms with Gasteiger partial charge in [0.2, 0.25) is 11.8 Å². The van der Waals surface area contributed by atoms with Gasteiger partial charge >= 0.3 is 0 Å². The Labute approximate surface area is 181 Å². The fourth-order valence-electron chi connectivity index (χ4n) is 4.36. The van der Waals surface area contributed by atoms with Crippen LogP contribution in [0.5, 0.6) is 0 Å². The van der Waals surface area contributed by atoms with Crippen LogP contribution in [0.25, 0.3) is 0 Å². The highest BCUT2D eigenvalue weighted by atomic mass is 16.2. The maximum Gasteiger partial charge on any atom is 0.242 e. The number of fused-ring (bicyclic) bond motifs is 1. The number of nitrogens with zero attached hydrogens (tertiary/aromatic N) is 2. The van der Waals surface area contributed by atoms with E-state index in [-0.39, 0.29) is 29.8 Å². The first kappa shape index (κ1) is 20.8. The number of nitrogens with one attached hydrogen (secondary N) is 3.